The highest BCUT2D eigenvalue weighted by Crippen LogP contribution is 2.18. The first-order valence-corrected chi connectivity index (χ1v) is 29.2. The van der Waals surface area contributed by atoms with Gasteiger partial charge in [-0.2, -0.15) is 0 Å². The van der Waals surface area contributed by atoms with E-state index in [2.05, 4.69) is 53.1 Å². The fourth-order valence-electron chi connectivity index (χ4n) is 7.74. The Morgan fingerprint density at radius 3 is 1.47 bits per heavy atom. The Labute approximate surface area is 447 Å². The lowest BCUT2D eigenvalue weighted by Crippen LogP contribution is -2.42. The minimum Gasteiger partial charge on any atom is -0.481 e. The molecule has 0 rings (SSSR count). The maximum absolute atomic E-state index is 12.8. The van der Waals surface area contributed by atoms with Gasteiger partial charge in [0.25, 0.3) is 0 Å². The molecule has 2 atom stereocenters. The molecule has 0 saturated heterocycles. The average Bonchev–Trinajstić information content (AvgIpc) is 3.36. The number of Topliss-reactive ketones (excluding diaryl/α,β-unsaturated/α-hetero) is 3. The average molecular weight is 1160 g/mol. The molecule has 20 heteroatoms. The van der Waals surface area contributed by atoms with Gasteiger partial charge in [-0.05, 0) is 51.4 Å². The number of hydrogen-bond acceptors (Lipinski definition) is 13. The van der Waals surface area contributed by atoms with Crippen LogP contribution in [0.5, 0.6) is 0 Å². The predicted octanol–water partition coefficient (Wildman–Crippen LogP) is 6.97. The monoisotopic (exact) mass is 1150 g/mol. The third-order valence-corrected chi connectivity index (χ3v) is 12.9. The molecule has 0 aliphatic carbocycles. The summed E-state index contributed by atoms with van der Waals surface area (Å²) in [4.78, 5) is 96.6. The molecule has 0 fully saturated rings. The Bertz CT molecular complexity index is 1450. The van der Waals surface area contributed by atoms with E-state index in [1.165, 1.54) is 51.4 Å². The molecule has 0 saturated carbocycles. The molecule has 418 valence electrons. The number of nitrogens with one attached hydrogen (secondary N) is 4. The molecule has 0 aromatic heterocycles. The van der Waals surface area contributed by atoms with Crippen LogP contribution in [0, 0.1) is 5.92 Å². The minimum atomic E-state index is -0.704. The predicted molar refractivity (Wildman–Crippen MR) is 286 cm³/mol. The normalized spacial score (nSPS) is 12.0. The Hall–Kier alpha value is -2.88. The van der Waals surface area contributed by atoms with Crippen LogP contribution >= 0.6 is 31.9 Å². The van der Waals surface area contributed by atoms with Gasteiger partial charge >= 0.3 is 5.97 Å². The topological polar surface area (TPSA) is 268 Å². The Balaban J connectivity index is 3.89. The van der Waals surface area contributed by atoms with Crippen LogP contribution < -0.4 is 27.0 Å². The third-order valence-electron chi connectivity index (χ3n) is 11.8. The number of carboxylic acids is 1. The minimum absolute atomic E-state index is 0.0775. The Morgan fingerprint density at radius 1 is 0.431 bits per heavy atom. The summed E-state index contributed by atoms with van der Waals surface area (Å²) in [5.74, 6) is -1.68. The summed E-state index contributed by atoms with van der Waals surface area (Å²) in [5, 5.41) is 20.2. The number of halogens is 2. The van der Waals surface area contributed by atoms with Crippen molar-refractivity contribution in [3.63, 3.8) is 0 Å². The fourth-order valence-corrected chi connectivity index (χ4v) is 8.10. The van der Waals surface area contributed by atoms with Gasteiger partial charge in [0, 0.05) is 90.3 Å². The molecule has 4 amide bonds. The second-order valence-electron chi connectivity index (χ2n) is 18.2. The number of hydrogen-bond donors (Lipinski definition) is 6. The molecule has 0 heterocycles. The molecule has 0 aliphatic heterocycles. The van der Waals surface area contributed by atoms with Crippen molar-refractivity contribution in [2.45, 2.75) is 186 Å². The van der Waals surface area contributed by atoms with E-state index < -0.39 is 17.9 Å². The number of carbonyl (C=O) groups excluding carboxylic acids is 7. The highest BCUT2D eigenvalue weighted by atomic mass is 79.9. The first-order valence-electron chi connectivity index (χ1n) is 26.9. The zero-order valence-electron chi connectivity index (χ0n) is 43.5. The van der Waals surface area contributed by atoms with E-state index in [0.717, 1.165) is 38.5 Å². The number of aliphatic carboxylic acids is 1. The first kappa shape index (κ1) is 69.1. The van der Waals surface area contributed by atoms with Crippen LogP contribution in [0.1, 0.15) is 180 Å². The van der Waals surface area contributed by atoms with Crippen molar-refractivity contribution >= 4 is 78.8 Å². The van der Waals surface area contributed by atoms with Gasteiger partial charge in [-0.15, -0.1) is 0 Å². The summed E-state index contributed by atoms with van der Waals surface area (Å²) in [6.45, 7) is 4.26. The molecule has 7 N–H and O–H groups in total. The number of nitrogens with two attached hydrogens (primary N) is 1. The molecule has 0 spiro atoms. The number of ketones is 3. The summed E-state index contributed by atoms with van der Waals surface area (Å²) in [7, 11) is 0. The lowest BCUT2D eigenvalue weighted by molar-refractivity contribution is -0.137. The second kappa shape index (κ2) is 51.6. The van der Waals surface area contributed by atoms with E-state index in [9.17, 15) is 38.4 Å². The van der Waals surface area contributed by atoms with Crippen LogP contribution in [0.25, 0.3) is 0 Å². The summed E-state index contributed by atoms with van der Waals surface area (Å²) in [6.07, 6.45) is 21.9. The highest BCUT2D eigenvalue weighted by molar-refractivity contribution is 9.09. The summed E-state index contributed by atoms with van der Waals surface area (Å²) >= 11 is 6.18. The van der Waals surface area contributed by atoms with Crippen molar-refractivity contribution in [1.82, 2.24) is 21.3 Å². The maximum Gasteiger partial charge on any atom is 0.303 e. The van der Waals surface area contributed by atoms with Crippen molar-refractivity contribution in [2.24, 2.45) is 11.7 Å². The molecule has 72 heavy (non-hydrogen) atoms. The van der Waals surface area contributed by atoms with E-state index >= 15 is 0 Å². The molecular formula is C52H93Br2N5O13. The Morgan fingerprint density at radius 2 is 0.917 bits per heavy atom. The van der Waals surface area contributed by atoms with Crippen molar-refractivity contribution in [3.8, 4) is 0 Å². The molecule has 1 unspecified atom stereocenters. The van der Waals surface area contributed by atoms with Gasteiger partial charge < -0.3 is 51.1 Å². The number of alkyl halides is 2. The van der Waals surface area contributed by atoms with Gasteiger partial charge in [-0.3, -0.25) is 38.4 Å². The quantitative estimate of drug-likeness (QED) is 0.0266. The first-order chi connectivity index (χ1) is 34.9. The number of ether oxygens (including phenoxy) is 4. The number of carbonyl (C=O) groups is 8. The van der Waals surface area contributed by atoms with Gasteiger partial charge in [0.2, 0.25) is 23.6 Å². The smallest absolute Gasteiger partial charge is 0.303 e. The maximum atomic E-state index is 12.8. The van der Waals surface area contributed by atoms with Crippen LogP contribution in [-0.2, 0) is 57.3 Å². The summed E-state index contributed by atoms with van der Waals surface area (Å²) in [5.41, 5.74) is 5.58. The molecule has 0 aromatic rings. The van der Waals surface area contributed by atoms with Crippen molar-refractivity contribution in [2.75, 3.05) is 89.7 Å². The zero-order chi connectivity index (χ0) is 53.1. The summed E-state index contributed by atoms with van der Waals surface area (Å²) < 4.78 is 22.1. The van der Waals surface area contributed by atoms with Crippen LogP contribution in [0.15, 0.2) is 0 Å². The van der Waals surface area contributed by atoms with Gasteiger partial charge in [0.1, 0.15) is 11.6 Å². The second-order valence-corrected chi connectivity index (χ2v) is 19.4. The van der Waals surface area contributed by atoms with Crippen LogP contribution in [0.3, 0.4) is 0 Å². The van der Waals surface area contributed by atoms with Crippen molar-refractivity contribution in [1.29, 1.82) is 0 Å². The molecule has 18 nitrogen and oxygen atoms in total. The lowest BCUT2D eigenvalue weighted by Gasteiger charge is -2.17. The number of amides is 4. The van der Waals surface area contributed by atoms with Gasteiger partial charge in [-0.1, -0.05) is 115 Å². The van der Waals surface area contributed by atoms with Gasteiger partial charge in [0.15, 0.2) is 5.78 Å². The Kier molecular flexibility index (Phi) is 49.5. The molecule has 0 aromatic carbocycles. The molecule has 0 radical (unpaired) electrons. The lowest BCUT2D eigenvalue weighted by atomic mass is 9.93. The van der Waals surface area contributed by atoms with Gasteiger partial charge in [-0.25, -0.2) is 0 Å². The summed E-state index contributed by atoms with van der Waals surface area (Å²) in [6, 6.07) is -0.622. The van der Waals surface area contributed by atoms with Crippen LogP contribution in [0.2, 0.25) is 0 Å². The number of rotatable bonds is 55. The van der Waals surface area contributed by atoms with E-state index in [1.54, 1.807) is 0 Å². The highest BCUT2D eigenvalue weighted by Gasteiger charge is 2.22. The van der Waals surface area contributed by atoms with Crippen molar-refractivity contribution in [3.05, 3.63) is 0 Å². The van der Waals surface area contributed by atoms with E-state index in [-0.39, 0.29) is 90.5 Å². The van der Waals surface area contributed by atoms with E-state index in [1.807, 2.05) is 0 Å². The third kappa shape index (κ3) is 46.9. The van der Waals surface area contributed by atoms with Crippen molar-refractivity contribution < 1.29 is 62.4 Å². The van der Waals surface area contributed by atoms with E-state index in [4.69, 9.17) is 29.8 Å². The van der Waals surface area contributed by atoms with Crippen LogP contribution in [-0.4, -0.2) is 148 Å². The largest absolute Gasteiger partial charge is 0.481 e. The SMILES string of the molecule is NCCNC(=O)C(CCCCNC(=O)CCOCCOCCCC(=O)CCOCCOCCCC(=O)[C@H](CCCNC(=O)CBr)NC(=O)CBr)CC(=O)CCCCCCCCCCCCCCCCC(=O)O. The van der Waals surface area contributed by atoms with E-state index in [0.29, 0.717) is 130 Å². The molecule has 0 aliphatic rings. The molecule has 0 bridgehead atoms. The van der Waals surface area contributed by atoms with Crippen LogP contribution in [0.4, 0.5) is 0 Å². The molecular weight excluding hydrogens is 1060 g/mol. The standard InChI is InChI=1S/C52H93Br2N5O13/c53-41-49(64)57-30-17-23-46(59-50(65)42-54)47(62)24-19-33-70-36-38-71-34-26-44(60)22-18-32-69-37-39-72-35-27-48(63)56-29-16-15-20-43(52(68)58-31-28-55)40-45(61)21-13-11-9-7-5-3-1-2-4-6-8-10-12-14-25-51(66)67/h43,46H,1-42,55H2,(H,56,63)(H,57,64)(H,58,68)(H,59,65)(H,66,67)/t43?,46-/m0/s1. The number of carboxylic acid groups (broad SMARTS) is 1. The van der Waals surface area contributed by atoms with Gasteiger partial charge in [0.05, 0.1) is 56.3 Å². The fraction of sp³-hybridized carbons (Fsp3) is 0.846. The zero-order valence-corrected chi connectivity index (χ0v) is 46.7. The number of unbranched alkanes of at least 4 members (excludes halogenated alkanes) is 14.